The van der Waals surface area contributed by atoms with Crippen LogP contribution in [0.3, 0.4) is 0 Å². The van der Waals surface area contributed by atoms with E-state index in [4.69, 9.17) is 9.47 Å². The maximum Gasteiger partial charge on any atom is 0.250 e. The Morgan fingerprint density at radius 1 is 1.33 bits per heavy atom. The van der Waals surface area contributed by atoms with Gasteiger partial charge in [0.15, 0.2) is 6.29 Å². The first kappa shape index (κ1) is 15.7. The summed E-state index contributed by atoms with van der Waals surface area (Å²) in [7, 11) is 3.13. The van der Waals surface area contributed by atoms with Gasteiger partial charge < -0.3 is 14.0 Å². The maximum absolute atomic E-state index is 11.6. The van der Waals surface area contributed by atoms with Crippen molar-refractivity contribution in [1.82, 2.24) is 24.8 Å². The molecule has 2 aromatic heterocycles. The molecule has 0 unspecified atom stereocenters. The molecule has 2 aromatic rings. The topological polar surface area (TPSA) is 84.1 Å². The SMILES string of the molecule is COC(Cn1nnnc1SCCn1ccccc1=O)OC. The van der Waals surface area contributed by atoms with Gasteiger partial charge in [-0.2, -0.15) is 0 Å². The van der Waals surface area contributed by atoms with Gasteiger partial charge in [-0.1, -0.05) is 17.8 Å². The van der Waals surface area contributed by atoms with Crippen LogP contribution in [0, 0.1) is 0 Å². The van der Waals surface area contributed by atoms with E-state index in [1.54, 1.807) is 35.7 Å². The number of rotatable bonds is 8. The first-order chi connectivity index (χ1) is 10.2. The number of aryl methyl sites for hydroxylation is 1. The lowest BCUT2D eigenvalue weighted by atomic mass is 10.5. The number of pyridine rings is 1. The summed E-state index contributed by atoms with van der Waals surface area (Å²) < 4.78 is 13.5. The van der Waals surface area contributed by atoms with Crippen molar-refractivity contribution in [3.05, 3.63) is 34.7 Å². The highest BCUT2D eigenvalue weighted by Crippen LogP contribution is 2.14. The van der Waals surface area contributed by atoms with Crippen molar-refractivity contribution in [1.29, 1.82) is 0 Å². The first-order valence-corrected chi connectivity index (χ1v) is 7.33. The van der Waals surface area contributed by atoms with E-state index in [-0.39, 0.29) is 5.56 Å². The van der Waals surface area contributed by atoms with E-state index in [9.17, 15) is 4.79 Å². The number of nitrogens with zero attached hydrogens (tertiary/aromatic N) is 5. The summed E-state index contributed by atoms with van der Waals surface area (Å²) in [5.74, 6) is 0.689. The Balaban J connectivity index is 1.91. The molecule has 0 atom stereocenters. The third kappa shape index (κ3) is 4.38. The lowest BCUT2D eigenvalue weighted by molar-refractivity contribution is -0.113. The summed E-state index contributed by atoms with van der Waals surface area (Å²) in [5.41, 5.74) is -0.0171. The van der Waals surface area contributed by atoms with Gasteiger partial charge in [0.25, 0.3) is 5.56 Å². The molecule has 0 aliphatic rings. The molecule has 0 N–H and O–H groups in total. The van der Waals surface area contributed by atoms with Crippen molar-refractivity contribution >= 4 is 11.8 Å². The molecule has 0 aliphatic carbocycles. The van der Waals surface area contributed by atoms with Crippen LogP contribution in [0.5, 0.6) is 0 Å². The highest BCUT2D eigenvalue weighted by atomic mass is 32.2. The van der Waals surface area contributed by atoms with Gasteiger partial charge in [0, 0.05) is 38.8 Å². The van der Waals surface area contributed by atoms with Crippen LogP contribution in [0.1, 0.15) is 0 Å². The fourth-order valence-electron chi connectivity index (χ4n) is 1.68. The number of ether oxygens (including phenoxy) is 2. The third-order valence-electron chi connectivity index (χ3n) is 2.81. The molecule has 2 heterocycles. The van der Waals surface area contributed by atoms with Crippen LogP contribution >= 0.6 is 11.8 Å². The Labute approximate surface area is 126 Å². The van der Waals surface area contributed by atoms with Crippen LogP contribution in [-0.2, 0) is 22.6 Å². The normalized spacial score (nSPS) is 11.2. The Kier molecular flexibility index (Phi) is 5.90. The fraction of sp³-hybridized carbons (Fsp3) is 0.500. The van der Waals surface area contributed by atoms with Gasteiger partial charge in [-0.15, -0.1) is 5.10 Å². The van der Waals surface area contributed by atoms with Crippen molar-refractivity contribution in [3.63, 3.8) is 0 Å². The van der Waals surface area contributed by atoms with E-state index in [0.29, 0.717) is 24.0 Å². The monoisotopic (exact) mass is 311 g/mol. The van der Waals surface area contributed by atoms with Crippen LogP contribution in [0.4, 0.5) is 0 Å². The summed E-state index contributed by atoms with van der Waals surface area (Å²) in [5, 5.41) is 12.2. The van der Waals surface area contributed by atoms with Gasteiger partial charge in [0.05, 0.1) is 6.54 Å². The second kappa shape index (κ2) is 7.91. The summed E-state index contributed by atoms with van der Waals surface area (Å²) >= 11 is 1.48. The Bertz CT molecular complexity index is 611. The van der Waals surface area contributed by atoms with Crippen molar-refractivity contribution in [3.8, 4) is 0 Å². The molecular formula is C12H17N5O3S. The molecule has 0 spiro atoms. The summed E-state index contributed by atoms with van der Waals surface area (Å²) in [6.07, 6.45) is 1.36. The van der Waals surface area contributed by atoms with Gasteiger partial charge in [-0.05, 0) is 16.5 Å². The average molecular weight is 311 g/mol. The molecule has 0 radical (unpaired) electrons. The predicted octanol–water partition coefficient (Wildman–Crippen LogP) is 0.246. The molecule has 0 bridgehead atoms. The number of hydrogen-bond acceptors (Lipinski definition) is 7. The first-order valence-electron chi connectivity index (χ1n) is 6.34. The molecule has 0 fully saturated rings. The van der Waals surface area contributed by atoms with Gasteiger partial charge >= 0.3 is 0 Å². The van der Waals surface area contributed by atoms with Crippen molar-refractivity contribution in [2.75, 3.05) is 20.0 Å². The zero-order chi connectivity index (χ0) is 15.1. The van der Waals surface area contributed by atoms with Crippen LogP contribution < -0.4 is 5.56 Å². The minimum absolute atomic E-state index is 0.0171. The van der Waals surface area contributed by atoms with Crippen LogP contribution in [0.2, 0.25) is 0 Å². The molecule has 2 rings (SSSR count). The lowest BCUT2D eigenvalue weighted by Gasteiger charge is -2.13. The maximum atomic E-state index is 11.6. The highest BCUT2D eigenvalue weighted by Gasteiger charge is 2.12. The minimum atomic E-state index is -0.399. The van der Waals surface area contributed by atoms with E-state index < -0.39 is 6.29 Å². The van der Waals surface area contributed by atoms with Crippen LogP contribution in [0.25, 0.3) is 0 Å². The Morgan fingerprint density at radius 2 is 2.14 bits per heavy atom. The molecule has 21 heavy (non-hydrogen) atoms. The zero-order valence-corrected chi connectivity index (χ0v) is 12.7. The van der Waals surface area contributed by atoms with Crippen LogP contribution in [-0.4, -0.2) is 51.0 Å². The van der Waals surface area contributed by atoms with Crippen molar-refractivity contribution in [2.24, 2.45) is 0 Å². The Morgan fingerprint density at radius 3 is 2.86 bits per heavy atom. The quantitative estimate of drug-likeness (QED) is 0.510. The van der Waals surface area contributed by atoms with Crippen LogP contribution in [0.15, 0.2) is 34.3 Å². The highest BCUT2D eigenvalue weighted by molar-refractivity contribution is 7.99. The molecule has 0 amide bonds. The van der Waals surface area contributed by atoms with Gasteiger partial charge in [-0.25, -0.2) is 4.68 Å². The van der Waals surface area contributed by atoms with E-state index in [1.165, 1.54) is 17.8 Å². The van der Waals surface area contributed by atoms with E-state index in [1.807, 2.05) is 6.07 Å². The second-order valence-electron chi connectivity index (χ2n) is 4.13. The number of methoxy groups -OCH3 is 2. The molecular weight excluding hydrogens is 294 g/mol. The summed E-state index contributed by atoms with van der Waals surface area (Å²) in [6, 6.07) is 5.09. The molecule has 0 saturated carbocycles. The summed E-state index contributed by atoms with van der Waals surface area (Å²) in [6.45, 7) is 1.00. The molecule has 0 aliphatic heterocycles. The smallest absolute Gasteiger partial charge is 0.250 e. The zero-order valence-electron chi connectivity index (χ0n) is 11.9. The molecule has 0 aromatic carbocycles. The third-order valence-corrected chi connectivity index (χ3v) is 3.75. The number of tetrazole rings is 1. The molecule has 8 nitrogen and oxygen atoms in total. The van der Waals surface area contributed by atoms with Crippen molar-refractivity contribution in [2.45, 2.75) is 24.5 Å². The fourth-order valence-corrected chi connectivity index (χ4v) is 2.51. The average Bonchev–Trinajstić information content (AvgIpc) is 2.94. The largest absolute Gasteiger partial charge is 0.354 e. The summed E-state index contributed by atoms with van der Waals surface area (Å²) in [4.78, 5) is 11.6. The number of aromatic nitrogens is 5. The Hall–Kier alpha value is -1.71. The standard InChI is InChI=1S/C12H17N5O3S/c1-19-11(20-2)9-17-12(13-14-15-17)21-8-7-16-6-4-3-5-10(16)18/h3-6,11H,7-9H2,1-2H3. The molecule has 0 saturated heterocycles. The van der Waals surface area contributed by atoms with E-state index >= 15 is 0 Å². The lowest BCUT2D eigenvalue weighted by Crippen LogP contribution is -2.22. The number of hydrogen-bond donors (Lipinski definition) is 0. The molecule has 9 heteroatoms. The van der Waals surface area contributed by atoms with E-state index in [2.05, 4.69) is 15.5 Å². The van der Waals surface area contributed by atoms with Gasteiger partial charge in [0.1, 0.15) is 0 Å². The molecule has 114 valence electrons. The number of thioether (sulfide) groups is 1. The van der Waals surface area contributed by atoms with E-state index in [0.717, 1.165) is 0 Å². The van der Waals surface area contributed by atoms with Gasteiger partial charge in [0.2, 0.25) is 5.16 Å². The van der Waals surface area contributed by atoms with Gasteiger partial charge in [-0.3, -0.25) is 4.79 Å². The second-order valence-corrected chi connectivity index (χ2v) is 5.19. The van der Waals surface area contributed by atoms with Crippen molar-refractivity contribution < 1.29 is 9.47 Å². The predicted molar refractivity (Wildman–Crippen MR) is 77.0 cm³/mol. The minimum Gasteiger partial charge on any atom is -0.354 e.